The molecule has 0 aliphatic heterocycles. The fraction of sp³-hybridized carbons (Fsp3) is 0. The van der Waals surface area contributed by atoms with Gasteiger partial charge < -0.3 is 9.97 Å². The first-order valence-corrected chi connectivity index (χ1v) is 6.42. The van der Waals surface area contributed by atoms with Gasteiger partial charge in [-0.1, -0.05) is 0 Å². The molecule has 2 aromatic heterocycles. The number of aromatic amines is 2. The maximum absolute atomic E-state index is 3.94. The first kappa shape index (κ1) is 11.7. The van der Waals surface area contributed by atoms with Crippen molar-refractivity contribution >= 4 is 67.8 Å². The predicted molar refractivity (Wildman–Crippen MR) is 75.3 cm³/mol. The average molecular weight is 514 g/mol. The molecule has 0 unspecified atom stereocenters. The summed E-state index contributed by atoms with van der Waals surface area (Å²) in [5, 5.41) is 0. The van der Waals surface area contributed by atoms with E-state index in [1.54, 1.807) is 18.9 Å². The number of halogens is 3. The molecule has 0 radical (unpaired) electrons. The number of nitrogens with zero attached hydrogens (tertiary/aromatic N) is 2. The quantitative estimate of drug-likeness (QED) is 0.532. The number of hydrogen-bond donors (Lipinski definition) is 2. The minimum absolute atomic E-state index is 1.04. The van der Waals surface area contributed by atoms with Crippen LogP contribution in [0.3, 0.4) is 0 Å². The van der Waals surface area contributed by atoms with E-state index in [9.17, 15) is 0 Å². The van der Waals surface area contributed by atoms with Crippen LogP contribution in [0.25, 0.3) is 0 Å². The van der Waals surface area contributed by atoms with Gasteiger partial charge in [-0.2, -0.15) is 0 Å². The van der Waals surface area contributed by atoms with E-state index in [0.29, 0.717) is 0 Å². The molecule has 0 aromatic carbocycles. The van der Waals surface area contributed by atoms with Gasteiger partial charge in [-0.25, -0.2) is 9.97 Å². The zero-order valence-electron chi connectivity index (χ0n) is 6.26. The smallest absolute Gasteiger partial charge is 0.132 e. The van der Waals surface area contributed by atoms with Crippen LogP contribution in [-0.4, -0.2) is 19.9 Å². The van der Waals surface area contributed by atoms with Crippen molar-refractivity contribution in [3.8, 4) is 0 Å². The lowest BCUT2D eigenvalue weighted by Crippen LogP contribution is -1.69. The van der Waals surface area contributed by atoms with Gasteiger partial charge in [0, 0.05) is 0 Å². The molecule has 0 spiro atoms. The molecular formula is C6H5I3N4. The van der Waals surface area contributed by atoms with Crippen LogP contribution in [-0.2, 0) is 0 Å². The zero-order chi connectivity index (χ0) is 9.68. The molecule has 70 valence electrons. The van der Waals surface area contributed by atoms with E-state index in [1.165, 1.54) is 0 Å². The molecule has 0 amide bonds. The van der Waals surface area contributed by atoms with Gasteiger partial charge >= 0.3 is 0 Å². The van der Waals surface area contributed by atoms with Crippen molar-refractivity contribution in [3.05, 3.63) is 30.0 Å². The Balaban J connectivity index is 0.000000132. The topological polar surface area (TPSA) is 57.4 Å². The summed E-state index contributed by atoms with van der Waals surface area (Å²) < 4.78 is 3.23. The van der Waals surface area contributed by atoms with Gasteiger partial charge in [-0.05, 0) is 67.8 Å². The lowest BCUT2D eigenvalue weighted by molar-refractivity contribution is 1.29. The summed E-state index contributed by atoms with van der Waals surface area (Å²) >= 11 is 6.52. The third-order valence-electron chi connectivity index (χ3n) is 1.02. The number of imidazole rings is 2. The predicted octanol–water partition coefficient (Wildman–Crippen LogP) is 2.63. The van der Waals surface area contributed by atoms with Crippen molar-refractivity contribution < 1.29 is 0 Å². The SMILES string of the molecule is Ic1cnc[nH]1.Ic1nc[nH]c1I. The maximum atomic E-state index is 3.94. The van der Waals surface area contributed by atoms with Crippen molar-refractivity contribution in [2.24, 2.45) is 0 Å². The van der Waals surface area contributed by atoms with Gasteiger partial charge in [0.25, 0.3) is 0 Å². The first-order chi connectivity index (χ1) is 6.20. The maximum Gasteiger partial charge on any atom is 0.132 e. The molecule has 0 fully saturated rings. The number of hydrogen-bond acceptors (Lipinski definition) is 2. The Labute approximate surface area is 116 Å². The van der Waals surface area contributed by atoms with E-state index in [1.807, 2.05) is 0 Å². The van der Waals surface area contributed by atoms with Crippen LogP contribution in [0.5, 0.6) is 0 Å². The Morgan fingerprint density at radius 3 is 2.00 bits per heavy atom. The second-order valence-electron chi connectivity index (χ2n) is 1.91. The highest BCUT2D eigenvalue weighted by Gasteiger charge is 1.92. The molecule has 7 heteroatoms. The van der Waals surface area contributed by atoms with Gasteiger partial charge in [-0.3, -0.25) is 0 Å². The fourth-order valence-corrected chi connectivity index (χ4v) is 1.37. The molecule has 0 saturated heterocycles. The van der Waals surface area contributed by atoms with E-state index in [2.05, 4.69) is 87.7 Å². The molecule has 2 rings (SSSR count). The molecule has 0 bridgehead atoms. The lowest BCUT2D eigenvalue weighted by atomic mass is 11.0. The highest BCUT2D eigenvalue weighted by Crippen LogP contribution is 2.07. The summed E-state index contributed by atoms with van der Waals surface area (Å²) in [6.07, 6.45) is 5.10. The lowest BCUT2D eigenvalue weighted by Gasteiger charge is -1.74. The Hall–Kier alpha value is 0.610. The summed E-state index contributed by atoms with van der Waals surface area (Å²) in [5.41, 5.74) is 0. The average Bonchev–Trinajstić information content (AvgIpc) is 2.67. The summed E-state index contributed by atoms with van der Waals surface area (Å²) in [5.74, 6) is 0. The van der Waals surface area contributed by atoms with Gasteiger partial charge in [-0.15, -0.1) is 0 Å². The van der Waals surface area contributed by atoms with Crippen molar-refractivity contribution in [2.45, 2.75) is 0 Å². The first-order valence-electron chi connectivity index (χ1n) is 3.18. The second-order valence-corrected chi connectivity index (χ2v) is 5.17. The van der Waals surface area contributed by atoms with Crippen LogP contribution >= 0.6 is 67.8 Å². The minimum atomic E-state index is 1.04. The second kappa shape index (κ2) is 6.16. The summed E-state index contributed by atoms with van der Waals surface area (Å²) in [6.45, 7) is 0. The standard InChI is InChI=1S/C3H2I2N2.C3H3IN2/c4-2-3(5)7-1-6-2;4-3-1-5-2-6-3/h1H,(H,6,7);1-2H,(H,5,6). The third-order valence-corrected chi connectivity index (χ3v) is 4.28. The van der Waals surface area contributed by atoms with E-state index in [-0.39, 0.29) is 0 Å². The van der Waals surface area contributed by atoms with E-state index in [4.69, 9.17) is 0 Å². The molecule has 0 saturated carbocycles. The largest absolute Gasteiger partial charge is 0.340 e. The Morgan fingerprint density at radius 1 is 1.08 bits per heavy atom. The molecule has 13 heavy (non-hydrogen) atoms. The van der Waals surface area contributed by atoms with Crippen LogP contribution in [0.4, 0.5) is 0 Å². The van der Waals surface area contributed by atoms with Gasteiger partial charge in [0.05, 0.1) is 22.6 Å². The normalized spacial score (nSPS) is 9.15. The molecule has 2 heterocycles. The Morgan fingerprint density at radius 2 is 1.85 bits per heavy atom. The fourth-order valence-electron chi connectivity index (χ4n) is 0.501. The van der Waals surface area contributed by atoms with Gasteiger partial charge in [0.1, 0.15) is 7.40 Å². The highest BCUT2D eigenvalue weighted by molar-refractivity contribution is 14.1. The number of aromatic nitrogens is 4. The molecule has 2 N–H and O–H groups in total. The van der Waals surface area contributed by atoms with E-state index < -0.39 is 0 Å². The summed E-state index contributed by atoms with van der Waals surface area (Å²) in [6, 6.07) is 0. The van der Waals surface area contributed by atoms with Crippen LogP contribution in [0.2, 0.25) is 0 Å². The van der Waals surface area contributed by atoms with Crippen molar-refractivity contribution in [1.82, 2.24) is 19.9 Å². The number of nitrogens with one attached hydrogen (secondary N) is 2. The van der Waals surface area contributed by atoms with Crippen molar-refractivity contribution in [2.75, 3.05) is 0 Å². The van der Waals surface area contributed by atoms with Crippen LogP contribution in [0.15, 0.2) is 18.9 Å². The highest BCUT2D eigenvalue weighted by atomic mass is 127. The van der Waals surface area contributed by atoms with Crippen LogP contribution in [0.1, 0.15) is 0 Å². The summed E-state index contributed by atoms with van der Waals surface area (Å²) in [4.78, 5) is 13.5. The van der Waals surface area contributed by atoms with Crippen LogP contribution < -0.4 is 0 Å². The van der Waals surface area contributed by atoms with Crippen LogP contribution in [0, 0.1) is 11.1 Å². The molecule has 4 nitrogen and oxygen atoms in total. The Kier molecular flexibility index (Phi) is 5.54. The number of rotatable bonds is 0. The molecule has 0 atom stereocenters. The monoisotopic (exact) mass is 514 g/mol. The van der Waals surface area contributed by atoms with E-state index >= 15 is 0 Å². The zero-order valence-corrected chi connectivity index (χ0v) is 12.7. The number of H-pyrrole nitrogens is 2. The third kappa shape index (κ3) is 4.58. The van der Waals surface area contributed by atoms with E-state index in [0.717, 1.165) is 11.1 Å². The van der Waals surface area contributed by atoms with Gasteiger partial charge in [0.2, 0.25) is 0 Å². The summed E-state index contributed by atoms with van der Waals surface area (Å²) in [7, 11) is 0. The molecule has 2 aromatic rings. The van der Waals surface area contributed by atoms with Crippen molar-refractivity contribution in [1.29, 1.82) is 0 Å². The van der Waals surface area contributed by atoms with Gasteiger partial charge in [0.15, 0.2) is 0 Å². The molecule has 0 aliphatic rings. The Bertz CT molecular complexity index is 326. The minimum Gasteiger partial charge on any atom is -0.340 e. The molecular weight excluding hydrogens is 509 g/mol. The molecule has 0 aliphatic carbocycles. The van der Waals surface area contributed by atoms with Crippen molar-refractivity contribution in [3.63, 3.8) is 0 Å².